The van der Waals surface area contributed by atoms with Crippen molar-refractivity contribution >= 4 is 0 Å². The van der Waals surface area contributed by atoms with Crippen LogP contribution in [0, 0.1) is 34.0 Å². The topological polar surface area (TPSA) is 20.2 Å². The van der Waals surface area contributed by atoms with Gasteiger partial charge in [0.05, 0.1) is 6.10 Å². The Labute approximate surface area is 148 Å². The molecule has 0 amide bonds. The van der Waals surface area contributed by atoms with Crippen molar-refractivity contribution in [3.8, 4) is 0 Å². The maximum absolute atomic E-state index is 13.6. The summed E-state index contributed by atoms with van der Waals surface area (Å²) < 4.78 is 40.9. The van der Waals surface area contributed by atoms with Gasteiger partial charge in [-0.1, -0.05) is 19.4 Å². The molecule has 1 N–H and O–H groups in total. The zero-order valence-electron chi connectivity index (χ0n) is 15.3. The summed E-state index contributed by atoms with van der Waals surface area (Å²) in [5.74, 6) is 1.53. The van der Waals surface area contributed by atoms with E-state index in [1.165, 1.54) is 6.42 Å². The fourth-order valence-electron chi connectivity index (χ4n) is 8.43. The van der Waals surface area contributed by atoms with Crippen LogP contribution in [0.1, 0.15) is 71.6 Å². The third kappa shape index (κ3) is 1.81. The zero-order chi connectivity index (χ0) is 17.8. The molecule has 4 heteroatoms. The predicted octanol–water partition coefficient (Wildman–Crippen LogP) is 5.63. The maximum Gasteiger partial charge on any atom is 0.412 e. The molecule has 1 nitrogen and oxygen atoms in total. The average Bonchev–Trinajstić information content (AvgIpc) is 3.18. The van der Waals surface area contributed by atoms with Gasteiger partial charge in [-0.25, -0.2) is 0 Å². The predicted molar refractivity (Wildman–Crippen MR) is 89.8 cm³/mol. The summed E-state index contributed by atoms with van der Waals surface area (Å²) in [4.78, 5) is 0. The molecule has 0 radical (unpaired) electrons. The summed E-state index contributed by atoms with van der Waals surface area (Å²) in [6.07, 6.45) is 3.13. The third-order valence-corrected chi connectivity index (χ3v) is 9.62. The number of halogens is 3. The van der Waals surface area contributed by atoms with E-state index in [0.29, 0.717) is 30.6 Å². The van der Waals surface area contributed by atoms with Crippen LogP contribution in [0.3, 0.4) is 0 Å². The van der Waals surface area contributed by atoms with Crippen LogP contribution in [0.5, 0.6) is 0 Å². The maximum atomic E-state index is 13.6. The van der Waals surface area contributed by atoms with E-state index in [4.69, 9.17) is 0 Å². The lowest BCUT2D eigenvalue weighted by Crippen LogP contribution is -2.54. The molecule has 0 unspecified atom stereocenters. The Balaban J connectivity index is 1.57. The number of alkyl halides is 3. The molecule has 140 valence electrons. The summed E-state index contributed by atoms with van der Waals surface area (Å²) in [6, 6.07) is 0. The third-order valence-electron chi connectivity index (χ3n) is 9.62. The Morgan fingerprint density at radius 1 is 1.04 bits per heavy atom. The van der Waals surface area contributed by atoms with Crippen molar-refractivity contribution in [1.29, 1.82) is 0 Å². The Kier molecular flexibility index (Phi) is 3.10. The van der Waals surface area contributed by atoms with E-state index in [1.807, 2.05) is 0 Å². The van der Waals surface area contributed by atoms with E-state index in [0.717, 1.165) is 37.7 Å². The van der Waals surface area contributed by atoms with E-state index in [1.54, 1.807) is 0 Å². The highest BCUT2D eigenvalue weighted by Gasteiger charge is 2.77. The quantitative estimate of drug-likeness (QED) is 0.559. The molecule has 4 saturated carbocycles. The Morgan fingerprint density at radius 2 is 1.80 bits per heavy atom. The molecular formula is C21H29F3O. The Hall–Kier alpha value is -0.510. The van der Waals surface area contributed by atoms with Gasteiger partial charge in [0, 0.05) is 5.57 Å². The summed E-state index contributed by atoms with van der Waals surface area (Å²) in [7, 11) is 0. The summed E-state index contributed by atoms with van der Waals surface area (Å²) in [6.45, 7) is 4.42. The van der Waals surface area contributed by atoms with Gasteiger partial charge in [0.25, 0.3) is 0 Å². The van der Waals surface area contributed by atoms with Gasteiger partial charge in [-0.3, -0.25) is 0 Å². The SMILES string of the molecule is C[C@]12CCCC(C(F)(F)F)=C1CC[C@@H]1[C@@H]2CC[C@]2(C)[C@H](O)C[C@H]3C[C@@]312. The van der Waals surface area contributed by atoms with E-state index < -0.39 is 6.18 Å². The van der Waals surface area contributed by atoms with Crippen LogP contribution in [-0.2, 0) is 0 Å². The van der Waals surface area contributed by atoms with Crippen LogP contribution in [0.4, 0.5) is 13.2 Å². The monoisotopic (exact) mass is 354 g/mol. The van der Waals surface area contributed by atoms with Crippen LogP contribution in [0.25, 0.3) is 0 Å². The number of hydrogen-bond donors (Lipinski definition) is 1. The highest BCUT2D eigenvalue weighted by Crippen LogP contribution is 2.82. The smallest absolute Gasteiger partial charge is 0.393 e. The minimum atomic E-state index is -4.16. The zero-order valence-corrected chi connectivity index (χ0v) is 15.3. The van der Waals surface area contributed by atoms with Crippen LogP contribution < -0.4 is 0 Å². The largest absolute Gasteiger partial charge is 0.412 e. The molecule has 0 aromatic rings. The number of hydrogen-bond acceptors (Lipinski definition) is 1. The van der Waals surface area contributed by atoms with Gasteiger partial charge in [0.1, 0.15) is 0 Å². The lowest BCUT2D eigenvalue weighted by molar-refractivity contribution is -0.116. The Morgan fingerprint density at radius 3 is 2.52 bits per heavy atom. The van der Waals surface area contributed by atoms with Crippen molar-refractivity contribution in [2.24, 2.45) is 34.0 Å². The van der Waals surface area contributed by atoms with E-state index in [9.17, 15) is 18.3 Å². The first kappa shape index (κ1) is 16.6. The van der Waals surface area contributed by atoms with Gasteiger partial charge in [-0.2, -0.15) is 13.2 Å². The van der Waals surface area contributed by atoms with Gasteiger partial charge in [-0.15, -0.1) is 0 Å². The van der Waals surface area contributed by atoms with Gasteiger partial charge in [0.15, 0.2) is 0 Å². The van der Waals surface area contributed by atoms with Crippen molar-refractivity contribution in [2.75, 3.05) is 0 Å². The van der Waals surface area contributed by atoms with Crippen LogP contribution >= 0.6 is 0 Å². The van der Waals surface area contributed by atoms with Gasteiger partial charge in [-0.05, 0) is 91.8 Å². The van der Waals surface area contributed by atoms with E-state index in [-0.39, 0.29) is 34.3 Å². The molecular weight excluding hydrogens is 325 g/mol. The number of allylic oxidation sites excluding steroid dienone is 2. The minimum Gasteiger partial charge on any atom is -0.393 e. The second kappa shape index (κ2) is 4.66. The Bertz CT molecular complexity index is 652. The summed E-state index contributed by atoms with van der Waals surface area (Å²) in [5, 5.41) is 10.7. The number of aliphatic hydroxyl groups excluding tert-OH is 1. The first-order valence-electron chi connectivity index (χ1n) is 10.1. The minimum absolute atomic E-state index is 0.0118. The molecule has 0 heterocycles. The first-order chi connectivity index (χ1) is 11.6. The van der Waals surface area contributed by atoms with Gasteiger partial charge >= 0.3 is 6.18 Å². The molecule has 5 aliphatic carbocycles. The van der Waals surface area contributed by atoms with Crippen LogP contribution in [-0.4, -0.2) is 17.4 Å². The van der Waals surface area contributed by atoms with Crippen molar-refractivity contribution in [1.82, 2.24) is 0 Å². The number of aliphatic hydroxyl groups is 1. The van der Waals surface area contributed by atoms with Crippen molar-refractivity contribution in [3.63, 3.8) is 0 Å². The standard InChI is InChI=1S/C21H29F3O/c1-18-8-3-4-16(21(22,23)24)13(18)5-6-15-14(18)7-9-19(2)17(25)10-12-11-20(12,15)19/h12,14-15,17,25H,3-11H2,1-2H3/t12-,14-,15+,17+,18-,19+,20+/m0/s1. The lowest BCUT2D eigenvalue weighted by Gasteiger charge is -2.60. The molecule has 0 aromatic carbocycles. The summed E-state index contributed by atoms with van der Waals surface area (Å²) >= 11 is 0. The summed E-state index contributed by atoms with van der Waals surface area (Å²) in [5.41, 5.74) is 0.549. The number of fused-ring (bicyclic) bond motifs is 3. The molecule has 0 aliphatic heterocycles. The highest BCUT2D eigenvalue weighted by atomic mass is 19.4. The van der Waals surface area contributed by atoms with Gasteiger partial charge in [0.2, 0.25) is 0 Å². The normalized spacial score (nSPS) is 54.5. The van der Waals surface area contributed by atoms with Crippen molar-refractivity contribution in [2.45, 2.75) is 83.9 Å². The van der Waals surface area contributed by atoms with Crippen molar-refractivity contribution < 1.29 is 18.3 Å². The molecule has 0 bridgehead atoms. The molecule has 0 aromatic heterocycles. The first-order valence-corrected chi connectivity index (χ1v) is 10.1. The fourth-order valence-corrected chi connectivity index (χ4v) is 8.43. The molecule has 5 rings (SSSR count). The van der Waals surface area contributed by atoms with Gasteiger partial charge < -0.3 is 5.11 Å². The molecule has 0 saturated heterocycles. The fraction of sp³-hybridized carbons (Fsp3) is 0.905. The number of rotatable bonds is 0. The van der Waals surface area contributed by atoms with Crippen LogP contribution in [0.2, 0.25) is 0 Å². The second-order valence-corrected chi connectivity index (χ2v) is 10.1. The lowest BCUT2D eigenvalue weighted by atomic mass is 9.45. The molecule has 4 fully saturated rings. The molecule has 25 heavy (non-hydrogen) atoms. The van der Waals surface area contributed by atoms with Crippen LogP contribution in [0.15, 0.2) is 11.1 Å². The average molecular weight is 354 g/mol. The second-order valence-electron chi connectivity index (χ2n) is 10.1. The highest BCUT2D eigenvalue weighted by molar-refractivity contribution is 5.35. The van der Waals surface area contributed by atoms with E-state index >= 15 is 0 Å². The van der Waals surface area contributed by atoms with Crippen molar-refractivity contribution in [3.05, 3.63) is 11.1 Å². The molecule has 7 atom stereocenters. The van der Waals surface area contributed by atoms with E-state index in [2.05, 4.69) is 13.8 Å². The molecule has 1 spiro atoms. The molecule has 5 aliphatic rings.